The molecule has 0 spiro atoms. The second-order valence-electron chi connectivity index (χ2n) is 3.71. The Kier molecular flexibility index (Phi) is 3.89. The van der Waals surface area contributed by atoms with Crippen LogP contribution in [0.1, 0.15) is 6.92 Å². The Morgan fingerprint density at radius 3 is 2.25 bits per heavy atom. The summed E-state index contributed by atoms with van der Waals surface area (Å²) in [4.78, 5) is 4.42. The number of anilines is 1. The number of piperazine rings is 1. The Labute approximate surface area is 99.4 Å². The third kappa shape index (κ3) is 2.79. The first-order chi connectivity index (χ1) is 7.79. The summed E-state index contributed by atoms with van der Waals surface area (Å²) in [5, 5.41) is 17.0. The van der Waals surface area contributed by atoms with Crippen LogP contribution >= 0.6 is 11.8 Å². The Hall–Kier alpha value is -0.950. The van der Waals surface area contributed by atoms with E-state index in [1.807, 2.05) is 0 Å². The molecule has 0 radical (unpaired) electrons. The van der Waals surface area contributed by atoms with Crippen molar-refractivity contribution in [3.05, 3.63) is 0 Å². The fourth-order valence-corrected chi connectivity index (χ4v) is 1.99. The standard InChI is InChI=1S/C9H16N6S/c1-3-16-9-12-10-8(11-13-9)15-6-4-14(2)5-7-15/h3-7H2,1-2H3. The molecule has 2 rings (SSSR count). The van der Waals surface area contributed by atoms with E-state index in [4.69, 9.17) is 0 Å². The molecule has 6 nitrogen and oxygen atoms in total. The summed E-state index contributed by atoms with van der Waals surface area (Å²) in [5.74, 6) is 1.59. The Balaban J connectivity index is 1.98. The normalized spacial score (nSPS) is 17.8. The summed E-state index contributed by atoms with van der Waals surface area (Å²) >= 11 is 1.56. The van der Waals surface area contributed by atoms with Gasteiger partial charge in [0.2, 0.25) is 5.16 Å². The molecule has 1 aliphatic rings. The van der Waals surface area contributed by atoms with E-state index in [0.29, 0.717) is 11.1 Å². The van der Waals surface area contributed by atoms with E-state index in [-0.39, 0.29) is 0 Å². The quantitative estimate of drug-likeness (QED) is 0.696. The summed E-state index contributed by atoms with van der Waals surface area (Å²) in [7, 11) is 2.12. The predicted molar refractivity (Wildman–Crippen MR) is 63.7 cm³/mol. The second kappa shape index (κ2) is 5.40. The van der Waals surface area contributed by atoms with Crippen molar-refractivity contribution in [2.45, 2.75) is 12.1 Å². The van der Waals surface area contributed by atoms with E-state index in [1.54, 1.807) is 11.8 Å². The maximum Gasteiger partial charge on any atom is 0.264 e. The van der Waals surface area contributed by atoms with E-state index in [2.05, 4.69) is 44.2 Å². The maximum atomic E-state index is 4.11. The first-order valence-electron chi connectivity index (χ1n) is 5.43. The number of thioether (sulfide) groups is 1. The first-order valence-corrected chi connectivity index (χ1v) is 6.42. The van der Waals surface area contributed by atoms with Crippen molar-refractivity contribution < 1.29 is 0 Å². The van der Waals surface area contributed by atoms with Gasteiger partial charge in [0.1, 0.15) is 0 Å². The molecule has 0 unspecified atom stereocenters. The molecule has 88 valence electrons. The third-order valence-electron chi connectivity index (χ3n) is 2.51. The van der Waals surface area contributed by atoms with Crippen LogP contribution < -0.4 is 4.90 Å². The third-order valence-corrected chi connectivity index (χ3v) is 3.22. The molecule has 1 aromatic rings. The van der Waals surface area contributed by atoms with Gasteiger partial charge < -0.3 is 9.80 Å². The van der Waals surface area contributed by atoms with Crippen molar-refractivity contribution in [3.63, 3.8) is 0 Å². The van der Waals surface area contributed by atoms with Crippen molar-refractivity contribution in [2.24, 2.45) is 0 Å². The Bertz CT molecular complexity index is 321. The highest BCUT2D eigenvalue weighted by molar-refractivity contribution is 7.99. The van der Waals surface area contributed by atoms with Crippen molar-refractivity contribution in [2.75, 3.05) is 43.9 Å². The number of rotatable bonds is 3. The van der Waals surface area contributed by atoms with Gasteiger partial charge >= 0.3 is 0 Å². The second-order valence-corrected chi connectivity index (χ2v) is 4.94. The molecule has 1 aromatic heterocycles. The average Bonchev–Trinajstić information content (AvgIpc) is 2.32. The number of likely N-dealkylation sites (N-methyl/N-ethyl adjacent to an activating group) is 1. The van der Waals surface area contributed by atoms with Gasteiger partial charge in [0.25, 0.3) is 5.95 Å². The lowest BCUT2D eigenvalue weighted by molar-refractivity contribution is 0.310. The van der Waals surface area contributed by atoms with E-state index in [9.17, 15) is 0 Å². The van der Waals surface area contributed by atoms with Gasteiger partial charge in [-0.15, -0.1) is 20.4 Å². The molecule has 7 heteroatoms. The molecule has 16 heavy (non-hydrogen) atoms. The minimum absolute atomic E-state index is 0.647. The summed E-state index contributed by atoms with van der Waals surface area (Å²) in [5.41, 5.74) is 0. The predicted octanol–water partition coefficient (Wildman–Crippen LogP) is 0.130. The maximum absolute atomic E-state index is 4.11. The lowest BCUT2D eigenvalue weighted by Gasteiger charge is -2.31. The lowest BCUT2D eigenvalue weighted by Crippen LogP contribution is -2.45. The lowest BCUT2D eigenvalue weighted by atomic mass is 10.3. The zero-order valence-corrected chi connectivity index (χ0v) is 10.4. The van der Waals surface area contributed by atoms with E-state index in [0.717, 1.165) is 31.9 Å². The molecule has 0 bridgehead atoms. The van der Waals surface area contributed by atoms with Gasteiger partial charge in [-0.3, -0.25) is 0 Å². The molecular formula is C9H16N6S. The van der Waals surface area contributed by atoms with Crippen LogP contribution in [0.3, 0.4) is 0 Å². The minimum Gasteiger partial charge on any atom is -0.336 e. The molecule has 1 fully saturated rings. The first kappa shape index (κ1) is 11.5. The zero-order chi connectivity index (χ0) is 11.4. The highest BCUT2D eigenvalue weighted by atomic mass is 32.2. The van der Waals surface area contributed by atoms with E-state index in [1.165, 1.54) is 0 Å². The molecule has 0 aromatic carbocycles. The topological polar surface area (TPSA) is 58.0 Å². The van der Waals surface area contributed by atoms with E-state index < -0.39 is 0 Å². The molecule has 2 heterocycles. The number of hydrogen-bond donors (Lipinski definition) is 0. The average molecular weight is 240 g/mol. The van der Waals surface area contributed by atoms with Crippen LogP contribution in [-0.4, -0.2) is 64.3 Å². The van der Waals surface area contributed by atoms with Crippen molar-refractivity contribution in [3.8, 4) is 0 Å². The van der Waals surface area contributed by atoms with Gasteiger partial charge in [-0.25, -0.2) is 0 Å². The molecule has 0 N–H and O–H groups in total. The van der Waals surface area contributed by atoms with Crippen LogP contribution in [-0.2, 0) is 0 Å². The van der Waals surface area contributed by atoms with Crippen LogP contribution in [0.15, 0.2) is 5.16 Å². The highest BCUT2D eigenvalue weighted by Crippen LogP contribution is 2.12. The van der Waals surface area contributed by atoms with Crippen molar-refractivity contribution in [1.82, 2.24) is 25.3 Å². The van der Waals surface area contributed by atoms with Crippen molar-refractivity contribution in [1.29, 1.82) is 0 Å². The van der Waals surface area contributed by atoms with Gasteiger partial charge in [0.15, 0.2) is 0 Å². The number of aromatic nitrogens is 4. The van der Waals surface area contributed by atoms with Crippen molar-refractivity contribution >= 4 is 17.7 Å². The summed E-state index contributed by atoms with van der Waals surface area (Å²) < 4.78 is 0. The number of nitrogens with zero attached hydrogens (tertiary/aromatic N) is 6. The SMILES string of the molecule is CCSc1nnc(N2CCN(C)CC2)nn1. The molecule has 0 atom stereocenters. The summed E-state index contributed by atoms with van der Waals surface area (Å²) in [6.07, 6.45) is 0. The Morgan fingerprint density at radius 2 is 1.69 bits per heavy atom. The molecule has 0 saturated carbocycles. The molecule has 0 aliphatic carbocycles. The van der Waals surface area contributed by atoms with Gasteiger partial charge in [-0.2, -0.15) is 0 Å². The monoisotopic (exact) mass is 240 g/mol. The van der Waals surface area contributed by atoms with Gasteiger partial charge in [-0.05, 0) is 12.8 Å². The molecule has 0 amide bonds. The highest BCUT2D eigenvalue weighted by Gasteiger charge is 2.17. The number of hydrogen-bond acceptors (Lipinski definition) is 7. The fraction of sp³-hybridized carbons (Fsp3) is 0.778. The van der Waals surface area contributed by atoms with Crippen LogP contribution in [0.25, 0.3) is 0 Å². The molecule has 1 aliphatic heterocycles. The Morgan fingerprint density at radius 1 is 1.06 bits per heavy atom. The molecular weight excluding hydrogens is 224 g/mol. The van der Waals surface area contributed by atoms with Crippen LogP contribution in [0.2, 0.25) is 0 Å². The summed E-state index contributed by atoms with van der Waals surface area (Å²) in [6.45, 7) is 6.02. The zero-order valence-electron chi connectivity index (χ0n) is 9.63. The van der Waals surface area contributed by atoms with Crippen LogP contribution in [0.4, 0.5) is 5.95 Å². The van der Waals surface area contributed by atoms with E-state index >= 15 is 0 Å². The minimum atomic E-state index is 0.647. The molecule has 1 saturated heterocycles. The smallest absolute Gasteiger partial charge is 0.264 e. The van der Waals surface area contributed by atoms with Gasteiger partial charge in [-0.1, -0.05) is 18.7 Å². The summed E-state index contributed by atoms with van der Waals surface area (Å²) in [6, 6.07) is 0. The fourth-order valence-electron chi connectivity index (χ4n) is 1.53. The van der Waals surface area contributed by atoms with Gasteiger partial charge in [0, 0.05) is 26.2 Å². The van der Waals surface area contributed by atoms with Gasteiger partial charge in [0.05, 0.1) is 0 Å². The largest absolute Gasteiger partial charge is 0.336 e. The van der Waals surface area contributed by atoms with Crippen LogP contribution in [0, 0.1) is 0 Å². The van der Waals surface area contributed by atoms with Crippen LogP contribution in [0.5, 0.6) is 0 Å².